The summed E-state index contributed by atoms with van der Waals surface area (Å²) in [6.45, 7) is 3.16. The lowest BCUT2D eigenvalue weighted by atomic mass is 10.2. The first kappa shape index (κ1) is 12.0. The fourth-order valence-corrected chi connectivity index (χ4v) is 2.47. The Bertz CT molecular complexity index is 451. The van der Waals surface area contributed by atoms with Crippen molar-refractivity contribution in [1.82, 2.24) is 0 Å². The number of hydrogen-bond donors (Lipinski definition) is 2. The maximum atomic E-state index is 12.0. The van der Waals surface area contributed by atoms with Crippen LogP contribution in [0.3, 0.4) is 0 Å². The molecule has 0 saturated heterocycles. The first-order valence-corrected chi connectivity index (χ1v) is 6.03. The van der Waals surface area contributed by atoms with Gasteiger partial charge in [-0.1, -0.05) is 6.07 Å². The molecule has 0 radical (unpaired) electrons. The Kier molecular flexibility index (Phi) is 3.06. The molecule has 0 heterocycles. The summed E-state index contributed by atoms with van der Waals surface area (Å²) < 4.78 is 23.1. The molecule has 0 aromatic heterocycles. The number of phenols is 1. The Labute approximate surface area is 89.7 Å². The molecule has 15 heavy (non-hydrogen) atoms. The van der Waals surface area contributed by atoms with Gasteiger partial charge in [0.1, 0.15) is 5.75 Å². The minimum absolute atomic E-state index is 0.0327. The summed E-state index contributed by atoms with van der Waals surface area (Å²) in [5.41, 5.74) is 5.43. The van der Waals surface area contributed by atoms with Gasteiger partial charge in [-0.15, -0.1) is 0 Å². The van der Waals surface area contributed by atoms with Crippen LogP contribution in [0, 0.1) is 0 Å². The maximum absolute atomic E-state index is 12.0. The summed E-state index contributed by atoms with van der Waals surface area (Å²) in [5, 5.41) is 9.22. The van der Waals surface area contributed by atoms with Crippen LogP contribution in [-0.2, 0) is 9.84 Å². The summed E-state index contributed by atoms with van der Waals surface area (Å²) in [7, 11) is -3.50. The molecule has 1 aromatic carbocycles. The highest BCUT2D eigenvalue weighted by Crippen LogP contribution is 2.26. The Morgan fingerprint density at radius 2 is 2.00 bits per heavy atom. The Hall–Kier alpha value is -1.07. The first-order chi connectivity index (χ1) is 6.81. The van der Waals surface area contributed by atoms with Crippen molar-refractivity contribution < 1.29 is 13.5 Å². The minimum Gasteiger partial charge on any atom is -0.508 e. The SMILES string of the molecule is CC(C)(CN)S(=O)(=O)c1cccc(O)c1. The van der Waals surface area contributed by atoms with Crippen LogP contribution in [0.15, 0.2) is 29.2 Å². The van der Waals surface area contributed by atoms with E-state index in [1.807, 2.05) is 0 Å². The van der Waals surface area contributed by atoms with Gasteiger partial charge in [0.25, 0.3) is 0 Å². The molecule has 0 aliphatic heterocycles. The second kappa shape index (κ2) is 3.83. The van der Waals surface area contributed by atoms with Crippen molar-refractivity contribution in [3.8, 4) is 5.75 Å². The molecule has 0 bridgehead atoms. The van der Waals surface area contributed by atoms with Gasteiger partial charge in [0.15, 0.2) is 9.84 Å². The van der Waals surface area contributed by atoms with Crippen LogP contribution in [0.1, 0.15) is 13.8 Å². The molecule has 0 spiro atoms. The van der Waals surface area contributed by atoms with E-state index in [4.69, 9.17) is 5.73 Å². The summed E-state index contributed by atoms with van der Waals surface area (Å²) in [6.07, 6.45) is 0. The highest BCUT2D eigenvalue weighted by molar-refractivity contribution is 7.92. The van der Waals surface area contributed by atoms with Gasteiger partial charge in [-0.3, -0.25) is 0 Å². The molecule has 0 saturated carbocycles. The van der Waals surface area contributed by atoms with Crippen molar-refractivity contribution in [3.63, 3.8) is 0 Å². The van der Waals surface area contributed by atoms with Crippen LogP contribution < -0.4 is 5.73 Å². The van der Waals surface area contributed by atoms with E-state index < -0.39 is 14.6 Å². The van der Waals surface area contributed by atoms with Crippen LogP contribution in [0.4, 0.5) is 0 Å². The number of sulfone groups is 1. The van der Waals surface area contributed by atoms with E-state index in [0.717, 1.165) is 0 Å². The number of benzene rings is 1. The van der Waals surface area contributed by atoms with Gasteiger partial charge < -0.3 is 10.8 Å². The predicted molar refractivity (Wildman–Crippen MR) is 58.4 cm³/mol. The monoisotopic (exact) mass is 229 g/mol. The molecule has 1 aromatic rings. The molecule has 0 amide bonds. The molecule has 1 rings (SSSR count). The fraction of sp³-hybridized carbons (Fsp3) is 0.400. The number of phenolic OH excluding ortho intramolecular Hbond substituents is 1. The highest BCUT2D eigenvalue weighted by atomic mass is 32.2. The van der Waals surface area contributed by atoms with Gasteiger partial charge in [-0.2, -0.15) is 0 Å². The van der Waals surface area contributed by atoms with Gasteiger partial charge in [0, 0.05) is 6.54 Å². The van der Waals surface area contributed by atoms with Crippen molar-refractivity contribution in [2.45, 2.75) is 23.5 Å². The third-order valence-corrected chi connectivity index (χ3v) is 4.84. The lowest BCUT2D eigenvalue weighted by molar-refractivity contribution is 0.472. The van der Waals surface area contributed by atoms with E-state index in [1.165, 1.54) is 24.3 Å². The van der Waals surface area contributed by atoms with E-state index in [9.17, 15) is 13.5 Å². The van der Waals surface area contributed by atoms with E-state index in [2.05, 4.69) is 0 Å². The summed E-state index contributed by atoms with van der Waals surface area (Å²) in [5.74, 6) is -0.0658. The smallest absolute Gasteiger partial charge is 0.184 e. The van der Waals surface area contributed by atoms with Crippen LogP contribution >= 0.6 is 0 Å². The molecule has 0 atom stereocenters. The summed E-state index contributed by atoms with van der Waals surface area (Å²) in [6, 6.07) is 5.60. The molecule has 84 valence electrons. The third-order valence-electron chi connectivity index (χ3n) is 2.35. The minimum atomic E-state index is -3.50. The average Bonchev–Trinajstić information content (AvgIpc) is 2.17. The lowest BCUT2D eigenvalue weighted by Gasteiger charge is -2.22. The summed E-state index contributed by atoms with van der Waals surface area (Å²) >= 11 is 0. The van der Waals surface area contributed by atoms with E-state index in [1.54, 1.807) is 13.8 Å². The van der Waals surface area contributed by atoms with Crippen LogP contribution in [0.5, 0.6) is 5.75 Å². The van der Waals surface area contributed by atoms with Gasteiger partial charge in [-0.05, 0) is 32.0 Å². The van der Waals surface area contributed by atoms with Gasteiger partial charge in [-0.25, -0.2) is 8.42 Å². The number of aromatic hydroxyl groups is 1. The lowest BCUT2D eigenvalue weighted by Crippen LogP contribution is -2.39. The standard InChI is InChI=1S/C10H15NO3S/c1-10(2,7-11)15(13,14)9-5-3-4-8(12)6-9/h3-6,12H,7,11H2,1-2H3. The topological polar surface area (TPSA) is 80.4 Å². The number of hydrogen-bond acceptors (Lipinski definition) is 4. The van der Waals surface area contributed by atoms with Gasteiger partial charge in [0.2, 0.25) is 0 Å². The Balaban J connectivity index is 3.30. The largest absolute Gasteiger partial charge is 0.508 e. The van der Waals surface area contributed by atoms with Crippen molar-refractivity contribution in [2.24, 2.45) is 5.73 Å². The fourth-order valence-electron chi connectivity index (χ4n) is 1.08. The maximum Gasteiger partial charge on any atom is 0.184 e. The molecule has 0 unspecified atom stereocenters. The average molecular weight is 229 g/mol. The Morgan fingerprint density at radius 1 is 1.40 bits per heavy atom. The Morgan fingerprint density at radius 3 is 2.47 bits per heavy atom. The normalized spacial score (nSPS) is 12.7. The first-order valence-electron chi connectivity index (χ1n) is 4.55. The molecule has 3 N–H and O–H groups in total. The molecule has 0 aliphatic carbocycles. The molecule has 5 heteroatoms. The zero-order valence-electron chi connectivity index (χ0n) is 8.77. The van der Waals surface area contributed by atoms with E-state index >= 15 is 0 Å². The van der Waals surface area contributed by atoms with Crippen molar-refractivity contribution in [3.05, 3.63) is 24.3 Å². The third kappa shape index (κ3) is 2.13. The van der Waals surface area contributed by atoms with Crippen molar-refractivity contribution in [2.75, 3.05) is 6.54 Å². The predicted octanol–water partition coefficient (Wildman–Crippen LogP) is 0.903. The summed E-state index contributed by atoms with van der Waals surface area (Å²) in [4.78, 5) is 0.0953. The van der Waals surface area contributed by atoms with Crippen LogP contribution in [0.2, 0.25) is 0 Å². The zero-order valence-corrected chi connectivity index (χ0v) is 9.58. The molecule has 0 fully saturated rings. The van der Waals surface area contributed by atoms with E-state index in [0.29, 0.717) is 0 Å². The van der Waals surface area contributed by atoms with Crippen molar-refractivity contribution >= 4 is 9.84 Å². The quantitative estimate of drug-likeness (QED) is 0.807. The molecule has 0 aliphatic rings. The second-order valence-corrected chi connectivity index (χ2v) is 6.55. The van der Waals surface area contributed by atoms with Crippen molar-refractivity contribution in [1.29, 1.82) is 0 Å². The van der Waals surface area contributed by atoms with Gasteiger partial charge in [0.05, 0.1) is 9.64 Å². The molecular weight excluding hydrogens is 214 g/mol. The molecular formula is C10H15NO3S. The van der Waals surface area contributed by atoms with Gasteiger partial charge >= 0.3 is 0 Å². The van der Waals surface area contributed by atoms with Crippen LogP contribution in [-0.4, -0.2) is 24.8 Å². The number of rotatable bonds is 3. The van der Waals surface area contributed by atoms with Crippen LogP contribution in [0.25, 0.3) is 0 Å². The highest BCUT2D eigenvalue weighted by Gasteiger charge is 2.34. The number of nitrogens with two attached hydrogens (primary N) is 1. The molecule has 4 nitrogen and oxygen atoms in total. The second-order valence-electron chi connectivity index (χ2n) is 3.96. The van der Waals surface area contributed by atoms with E-state index in [-0.39, 0.29) is 17.2 Å². The zero-order chi connectivity index (χ0) is 11.7.